The quantitative estimate of drug-likeness (QED) is 0.399. The van der Waals surface area contributed by atoms with Crippen molar-refractivity contribution >= 4 is 53.2 Å². The molecule has 104 valence electrons. The Morgan fingerprint density at radius 1 is 0.682 bits per heavy atom. The number of aromatic nitrogens is 1. The summed E-state index contributed by atoms with van der Waals surface area (Å²) in [5, 5.41) is 5.39. The van der Waals surface area contributed by atoms with E-state index in [0.717, 1.165) is 21.7 Å². The van der Waals surface area contributed by atoms with Crippen LogP contribution in [0.4, 0.5) is 0 Å². The summed E-state index contributed by atoms with van der Waals surface area (Å²) in [4.78, 5) is 15.3. The molecular weight excluding hydrogens is 290 g/mol. The van der Waals surface area contributed by atoms with Crippen LogP contribution in [0.2, 0.25) is 0 Å². The normalized spacial score (nSPS) is 11.8. The fourth-order valence-corrected chi connectivity index (χ4v) is 4.33. The monoisotopic (exact) mass is 301 g/mol. The van der Waals surface area contributed by atoms with E-state index in [-0.39, 0.29) is 5.56 Å². The van der Waals surface area contributed by atoms with Crippen molar-refractivity contribution in [2.75, 3.05) is 0 Å². The van der Waals surface area contributed by atoms with Crippen LogP contribution in [0.3, 0.4) is 0 Å². The Morgan fingerprint density at radius 3 is 2.27 bits per heavy atom. The second-order valence-corrected chi connectivity index (χ2v) is 6.58. The Bertz CT molecular complexity index is 1250. The van der Waals surface area contributed by atoms with Crippen LogP contribution in [0.1, 0.15) is 0 Å². The van der Waals surface area contributed by atoms with Crippen molar-refractivity contribution in [3.05, 3.63) is 71.0 Å². The second-order valence-electron chi connectivity index (χ2n) is 5.49. The second kappa shape index (κ2) is 4.18. The molecule has 2 heterocycles. The number of H-pyrrole nitrogens is 1. The van der Waals surface area contributed by atoms with Crippen LogP contribution in [-0.2, 0) is 0 Å². The molecule has 3 heteroatoms. The van der Waals surface area contributed by atoms with Gasteiger partial charge in [-0.2, -0.15) is 0 Å². The minimum atomic E-state index is -0.0245. The molecule has 0 bridgehead atoms. The van der Waals surface area contributed by atoms with Crippen LogP contribution in [0.25, 0.3) is 41.8 Å². The Hall–Kier alpha value is -2.65. The van der Waals surface area contributed by atoms with Gasteiger partial charge in [0.05, 0.1) is 5.52 Å². The lowest BCUT2D eigenvalue weighted by atomic mass is 10.0. The van der Waals surface area contributed by atoms with E-state index < -0.39 is 0 Å². The van der Waals surface area contributed by atoms with Crippen molar-refractivity contribution in [1.82, 2.24) is 4.98 Å². The molecule has 0 amide bonds. The zero-order valence-electron chi connectivity index (χ0n) is 11.6. The highest BCUT2D eigenvalue weighted by molar-refractivity contribution is 7.25. The topological polar surface area (TPSA) is 32.9 Å². The molecule has 0 aliphatic rings. The maximum atomic E-state index is 12.2. The van der Waals surface area contributed by atoms with E-state index in [9.17, 15) is 4.79 Å². The van der Waals surface area contributed by atoms with Gasteiger partial charge in [-0.25, -0.2) is 0 Å². The summed E-state index contributed by atoms with van der Waals surface area (Å²) in [6, 6.07) is 20.5. The van der Waals surface area contributed by atoms with E-state index in [0.29, 0.717) is 0 Å². The van der Waals surface area contributed by atoms with E-state index in [1.54, 1.807) is 11.3 Å². The van der Waals surface area contributed by atoms with Crippen molar-refractivity contribution < 1.29 is 0 Å². The van der Waals surface area contributed by atoms with E-state index >= 15 is 0 Å². The molecule has 0 fully saturated rings. The summed E-state index contributed by atoms with van der Waals surface area (Å²) in [7, 11) is 0. The summed E-state index contributed by atoms with van der Waals surface area (Å²) in [6.07, 6.45) is 0. The molecule has 0 aliphatic heterocycles. The Labute approximate surface area is 129 Å². The summed E-state index contributed by atoms with van der Waals surface area (Å²) >= 11 is 1.77. The maximum absolute atomic E-state index is 12.2. The predicted molar refractivity (Wildman–Crippen MR) is 95.0 cm³/mol. The van der Waals surface area contributed by atoms with Gasteiger partial charge in [0.1, 0.15) is 0 Å². The Balaban J connectivity index is 2.09. The number of thiophene rings is 1. The average Bonchev–Trinajstić information content (AvgIpc) is 2.91. The molecular formula is C19H11NOS. The van der Waals surface area contributed by atoms with E-state index in [1.165, 1.54) is 20.2 Å². The van der Waals surface area contributed by atoms with Crippen LogP contribution < -0.4 is 5.56 Å². The van der Waals surface area contributed by atoms with Crippen molar-refractivity contribution in [2.24, 2.45) is 0 Å². The van der Waals surface area contributed by atoms with Gasteiger partial charge >= 0.3 is 0 Å². The molecule has 0 atom stereocenters. The molecule has 5 rings (SSSR count). The first-order chi connectivity index (χ1) is 10.8. The lowest BCUT2D eigenvalue weighted by Gasteiger charge is -2.04. The van der Waals surface area contributed by atoms with Crippen molar-refractivity contribution in [2.45, 2.75) is 0 Å². The number of fused-ring (bicyclic) bond motifs is 6. The number of benzene rings is 3. The number of hydrogen-bond acceptors (Lipinski definition) is 2. The van der Waals surface area contributed by atoms with Gasteiger partial charge in [0.15, 0.2) is 0 Å². The van der Waals surface area contributed by atoms with Gasteiger partial charge in [-0.3, -0.25) is 4.79 Å². The summed E-state index contributed by atoms with van der Waals surface area (Å²) < 4.78 is 2.49. The minimum Gasteiger partial charge on any atom is -0.321 e. The SMILES string of the molecule is O=c1[nH]c2cc3sc4ccccc4c3cc2c2ccccc12. The molecule has 0 aliphatic carbocycles. The summed E-state index contributed by atoms with van der Waals surface area (Å²) in [5.74, 6) is 0. The minimum absolute atomic E-state index is 0.0245. The third-order valence-corrected chi connectivity index (χ3v) is 5.36. The van der Waals surface area contributed by atoms with Crippen molar-refractivity contribution in [3.8, 4) is 0 Å². The highest BCUT2D eigenvalue weighted by atomic mass is 32.1. The summed E-state index contributed by atoms with van der Waals surface area (Å²) in [5.41, 5.74) is 0.881. The number of rotatable bonds is 0. The first-order valence-electron chi connectivity index (χ1n) is 7.17. The van der Waals surface area contributed by atoms with Gasteiger partial charge in [0.2, 0.25) is 0 Å². The van der Waals surface area contributed by atoms with Gasteiger partial charge in [-0.15, -0.1) is 11.3 Å². The third kappa shape index (κ3) is 1.51. The molecule has 0 saturated heterocycles. The number of aromatic amines is 1. The number of hydrogen-bond donors (Lipinski definition) is 1. The van der Waals surface area contributed by atoms with Crippen molar-refractivity contribution in [3.63, 3.8) is 0 Å². The Kier molecular flexibility index (Phi) is 2.27. The van der Waals surface area contributed by atoms with E-state index in [4.69, 9.17) is 0 Å². The van der Waals surface area contributed by atoms with E-state index in [2.05, 4.69) is 41.4 Å². The smallest absolute Gasteiger partial charge is 0.256 e. The largest absolute Gasteiger partial charge is 0.321 e. The molecule has 0 radical (unpaired) electrons. The fraction of sp³-hybridized carbons (Fsp3) is 0. The van der Waals surface area contributed by atoms with Crippen LogP contribution in [0.5, 0.6) is 0 Å². The molecule has 0 spiro atoms. The van der Waals surface area contributed by atoms with Crippen LogP contribution in [-0.4, -0.2) is 4.98 Å². The number of nitrogens with one attached hydrogen (secondary N) is 1. The Morgan fingerprint density at radius 2 is 1.41 bits per heavy atom. The van der Waals surface area contributed by atoms with Crippen LogP contribution in [0.15, 0.2) is 65.5 Å². The van der Waals surface area contributed by atoms with Gasteiger partial charge < -0.3 is 4.98 Å². The molecule has 1 N–H and O–H groups in total. The maximum Gasteiger partial charge on any atom is 0.256 e. The first-order valence-corrected chi connectivity index (χ1v) is 7.99. The van der Waals surface area contributed by atoms with Gasteiger partial charge in [-0.05, 0) is 29.7 Å². The highest BCUT2D eigenvalue weighted by Gasteiger charge is 2.09. The lowest BCUT2D eigenvalue weighted by Crippen LogP contribution is -2.05. The molecule has 3 aromatic carbocycles. The first kappa shape index (κ1) is 12.0. The number of pyridine rings is 1. The fourth-order valence-electron chi connectivity index (χ4n) is 3.20. The lowest BCUT2D eigenvalue weighted by molar-refractivity contribution is 1.35. The highest BCUT2D eigenvalue weighted by Crippen LogP contribution is 2.36. The predicted octanol–water partition coefficient (Wildman–Crippen LogP) is 5.05. The van der Waals surface area contributed by atoms with Gasteiger partial charge in [0.25, 0.3) is 5.56 Å². The zero-order valence-corrected chi connectivity index (χ0v) is 12.4. The zero-order chi connectivity index (χ0) is 14.7. The molecule has 2 nitrogen and oxygen atoms in total. The van der Waals surface area contributed by atoms with Gasteiger partial charge in [0, 0.05) is 30.9 Å². The summed E-state index contributed by atoms with van der Waals surface area (Å²) in [6.45, 7) is 0. The molecule has 0 unspecified atom stereocenters. The molecule has 5 aromatic rings. The van der Waals surface area contributed by atoms with Crippen LogP contribution in [0, 0.1) is 0 Å². The van der Waals surface area contributed by atoms with Crippen molar-refractivity contribution in [1.29, 1.82) is 0 Å². The standard InChI is InChI=1S/C19H11NOS/c21-19-13-7-2-1-5-11(13)14-9-15-12-6-3-4-8-17(12)22-18(15)10-16(14)20-19/h1-10H,(H,20,21). The molecule has 0 saturated carbocycles. The average molecular weight is 301 g/mol. The molecule has 2 aromatic heterocycles. The third-order valence-electron chi connectivity index (χ3n) is 4.23. The molecule has 22 heavy (non-hydrogen) atoms. The van der Waals surface area contributed by atoms with E-state index in [1.807, 2.05) is 24.3 Å². The van der Waals surface area contributed by atoms with Gasteiger partial charge in [-0.1, -0.05) is 36.4 Å². The van der Waals surface area contributed by atoms with Crippen LogP contribution >= 0.6 is 11.3 Å².